The van der Waals surface area contributed by atoms with Gasteiger partial charge in [-0.2, -0.15) is 0 Å². The van der Waals surface area contributed by atoms with E-state index in [2.05, 4.69) is 0 Å². The number of fused-ring (bicyclic) bond motifs is 6. The molecule has 2 atom stereocenters. The van der Waals surface area contributed by atoms with Crippen LogP contribution in [0, 0.1) is 10.8 Å². The normalized spacial score (nSPS) is 18.8. The number of hydrogen-bond acceptors (Lipinski definition) is 5. The number of halogens is 2. The molecule has 2 aromatic heterocycles. The van der Waals surface area contributed by atoms with Crippen LogP contribution < -0.4 is 10.2 Å². The Hall–Kier alpha value is -6.10. The van der Waals surface area contributed by atoms with Gasteiger partial charge in [0.15, 0.2) is 0 Å². The first-order chi connectivity index (χ1) is 27.6. The van der Waals surface area contributed by atoms with Gasteiger partial charge in [0.1, 0.15) is 13.1 Å². The molecule has 0 saturated carbocycles. The number of benzene rings is 4. The second-order valence-corrected chi connectivity index (χ2v) is 15.4. The van der Waals surface area contributed by atoms with E-state index in [1.807, 2.05) is 71.5 Å². The largest absolute Gasteiger partial charge is 0.390 e. The molecule has 2 unspecified atom stereocenters. The third kappa shape index (κ3) is 6.58. The van der Waals surface area contributed by atoms with Crippen molar-refractivity contribution < 1.29 is 32.9 Å². The lowest BCUT2D eigenvalue weighted by atomic mass is 9.70. The molecule has 2 heterocycles. The van der Waals surface area contributed by atoms with Crippen molar-refractivity contribution >= 4 is 56.9 Å². The molecule has 9 nitrogen and oxygen atoms in total. The van der Waals surface area contributed by atoms with Crippen LogP contribution in [0.15, 0.2) is 109 Å². The van der Waals surface area contributed by atoms with E-state index in [1.54, 1.807) is 60.7 Å². The van der Waals surface area contributed by atoms with Gasteiger partial charge >= 0.3 is 11.9 Å². The predicted octanol–water partition coefficient (Wildman–Crippen LogP) is 8.97. The van der Waals surface area contributed by atoms with Gasteiger partial charge in [-0.15, -0.1) is 10.2 Å². The molecule has 8 rings (SSSR count). The van der Waals surface area contributed by atoms with Crippen LogP contribution in [0.1, 0.15) is 62.0 Å². The standard InChI is InChI=1S/C46H44F2N4O5/c1-3-45(43(55)51(47)31-15-7-5-8-16-31)25-23-39-35(27-45)33-19-11-13-21-37(33)49(39)29-41(53)57-42(54)30-50-38-22-14-12-20-34(38)36-28-46(4-2,26-24-40(36)50)44(56)52(48)32-17-9-6-10-18-32/h5-22H,3-4,23-30H2,1-2H3. The molecule has 0 bridgehead atoms. The Morgan fingerprint density at radius 1 is 0.579 bits per heavy atom. The van der Waals surface area contributed by atoms with Gasteiger partial charge < -0.3 is 13.9 Å². The highest BCUT2D eigenvalue weighted by Gasteiger charge is 2.46. The van der Waals surface area contributed by atoms with Crippen molar-refractivity contribution in [2.45, 2.75) is 78.3 Å². The number of ether oxygens (including phenoxy) is 1. The second kappa shape index (κ2) is 15.1. The van der Waals surface area contributed by atoms with Crippen molar-refractivity contribution in [3.05, 3.63) is 132 Å². The summed E-state index contributed by atoms with van der Waals surface area (Å²) in [6.45, 7) is 3.36. The number of esters is 2. The summed E-state index contributed by atoms with van der Waals surface area (Å²) >= 11 is 0. The van der Waals surface area contributed by atoms with Crippen LogP contribution in [-0.2, 0) is 62.7 Å². The minimum atomic E-state index is -0.973. The summed E-state index contributed by atoms with van der Waals surface area (Å²) in [7, 11) is 0. The molecular formula is C46H44F2N4O5. The minimum absolute atomic E-state index is 0.181. The third-order valence-electron chi connectivity index (χ3n) is 12.5. The van der Waals surface area contributed by atoms with Crippen molar-refractivity contribution in [3.63, 3.8) is 0 Å². The monoisotopic (exact) mass is 770 g/mol. The Bertz CT molecular complexity index is 2340. The molecule has 2 amide bonds. The molecule has 2 aliphatic rings. The molecule has 0 saturated heterocycles. The van der Waals surface area contributed by atoms with Gasteiger partial charge in [0.25, 0.3) is 11.8 Å². The molecule has 0 spiro atoms. The maximum absolute atomic E-state index is 15.6. The summed E-state index contributed by atoms with van der Waals surface area (Å²) < 4.78 is 40.4. The lowest BCUT2D eigenvalue weighted by molar-refractivity contribution is -0.160. The molecule has 11 heteroatoms. The Labute approximate surface area is 329 Å². The maximum atomic E-state index is 15.6. The highest BCUT2D eigenvalue weighted by Crippen LogP contribution is 2.46. The maximum Gasteiger partial charge on any atom is 0.333 e. The van der Waals surface area contributed by atoms with E-state index in [4.69, 9.17) is 4.74 Å². The fraction of sp³-hybridized carbons (Fsp3) is 0.304. The first-order valence-electron chi connectivity index (χ1n) is 19.6. The van der Waals surface area contributed by atoms with Crippen LogP contribution >= 0.6 is 0 Å². The molecule has 0 fully saturated rings. The molecular weight excluding hydrogens is 727 g/mol. The average molecular weight is 771 g/mol. The van der Waals surface area contributed by atoms with Gasteiger partial charge in [-0.25, -0.2) is 9.59 Å². The molecule has 4 aromatic carbocycles. The predicted molar refractivity (Wildman–Crippen MR) is 215 cm³/mol. The third-order valence-corrected chi connectivity index (χ3v) is 12.5. The topological polar surface area (TPSA) is 93.9 Å². The SMILES string of the molecule is CCC1(C(=O)N(F)c2ccccc2)CCc2c(c3ccccc3n2CC(=O)OC(=O)Cn2c3c(c4ccccc42)CC(CC)(C(=O)N(F)c2ccccc2)CC3)C1. The van der Waals surface area contributed by atoms with Crippen molar-refractivity contribution in [2.75, 3.05) is 10.2 Å². The molecule has 2 aliphatic carbocycles. The van der Waals surface area contributed by atoms with E-state index in [0.717, 1.165) is 44.3 Å². The van der Waals surface area contributed by atoms with Crippen LogP contribution in [0.3, 0.4) is 0 Å². The summed E-state index contributed by atoms with van der Waals surface area (Å²) in [6, 6.07) is 31.7. The van der Waals surface area contributed by atoms with Crippen LogP contribution in [0.5, 0.6) is 0 Å². The van der Waals surface area contributed by atoms with Gasteiger partial charge in [0, 0.05) is 33.2 Å². The lowest BCUT2D eigenvalue weighted by Crippen LogP contribution is -2.44. The van der Waals surface area contributed by atoms with Gasteiger partial charge in [-0.05, 0) is 98.9 Å². The molecule has 0 radical (unpaired) electrons. The fourth-order valence-corrected chi connectivity index (χ4v) is 9.24. The highest BCUT2D eigenvalue weighted by molar-refractivity contribution is 5.99. The van der Waals surface area contributed by atoms with Gasteiger partial charge in [0.05, 0.1) is 22.2 Å². The number of anilines is 2. The number of para-hydroxylation sites is 4. The Balaban J connectivity index is 1.02. The van der Waals surface area contributed by atoms with Crippen molar-refractivity contribution in [1.29, 1.82) is 0 Å². The smallest absolute Gasteiger partial charge is 0.333 e. The van der Waals surface area contributed by atoms with E-state index in [1.165, 1.54) is 0 Å². The second-order valence-electron chi connectivity index (χ2n) is 15.4. The highest BCUT2D eigenvalue weighted by atomic mass is 19.2. The van der Waals surface area contributed by atoms with Crippen molar-refractivity contribution in [3.8, 4) is 0 Å². The summed E-state index contributed by atoms with van der Waals surface area (Å²) in [6.07, 6.45) is 3.12. The quantitative estimate of drug-likeness (QED) is 0.0788. The zero-order valence-electron chi connectivity index (χ0n) is 32.0. The molecule has 292 valence electrons. The lowest BCUT2D eigenvalue weighted by Gasteiger charge is -2.37. The van der Waals surface area contributed by atoms with Crippen molar-refractivity contribution in [2.24, 2.45) is 10.8 Å². The number of aromatic nitrogens is 2. The molecule has 0 N–H and O–H groups in total. The van der Waals surface area contributed by atoms with Crippen molar-refractivity contribution in [1.82, 2.24) is 9.13 Å². The summed E-state index contributed by atoms with van der Waals surface area (Å²) in [5.41, 5.74) is 3.45. The Morgan fingerprint density at radius 3 is 1.33 bits per heavy atom. The number of nitrogens with zero attached hydrogens (tertiary/aromatic N) is 4. The zero-order valence-corrected chi connectivity index (χ0v) is 32.0. The summed E-state index contributed by atoms with van der Waals surface area (Å²) in [5, 5.41) is 2.25. The minimum Gasteiger partial charge on any atom is -0.390 e. The Kier molecular flexibility index (Phi) is 10.0. The van der Waals surface area contributed by atoms with E-state index in [-0.39, 0.29) is 34.7 Å². The van der Waals surface area contributed by atoms with Crippen LogP contribution in [0.2, 0.25) is 0 Å². The van der Waals surface area contributed by atoms with Gasteiger partial charge in [-0.1, -0.05) is 95.6 Å². The van der Waals surface area contributed by atoms with E-state index >= 15 is 8.96 Å². The zero-order chi connectivity index (χ0) is 39.9. The summed E-state index contributed by atoms with van der Waals surface area (Å²) in [5.74, 6) is -2.63. The van der Waals surface area contributed by atoms with E-state index in [9.17, 15) is 19.2 Å². The van der Waals surface area contributed by atoms with Gasteiger partial charge in [0.2, 0.25) is 0 Å². The number of amides is 2. The number of rotatable bonds is 10. The first kappa shape index (κ1) is 37.8. The molecule has 0 aliphatic heterocycles. The van der Waals surface area contributed by atoms with Gasteiger partial charge in [-0.3, -0.25) is 9.59 Å². The number of hydrogen-bond donors (Lipinski definition) is 0. The fourth-order valence-electron chi connectivity index (χ4n) is 9.24. The van der Waals surface area contributed by atoms with E-state index < -0.39 is 34.6 Å². The van der Waals surface area contributed by atoms with Crippen LogP contribution in [0.25, 0.3) is 21.8 Å². The number of carbonyl (C=O) groups excluding carboxylic acids is 4. The molecule has 6 aromatic rings. The van der Waals surface area contributed by atoms with Crippen LogP contribution in [0.4, 0.5) is 20.3 Å². The summed E-state index contributed by atoms with van der Waals surface area (Å²) in [4.78, 5) is 54.7. The average Bonchev–Trinajstić information content (AvgIpc) is 3.73. The van der Waals surface area contributed by atoms with Crippen LogP contribution in [-0.4, -0.2) is 32.9 Å². The molecule has 57 heavy (non-hydrogen) atoms. The number of carbonyl (C=O) groups is 4. The Morgan fingerprint density at radius 2 is 0.947 bits per heavy atom. The van der Waals surface area contributed by atoms with E-state index in [0.29, 0.717) is 51.4 Å². The first-order valence-corrected chi connectivity index (χ1v) is 19.6.